The zero-order valence-corrected chi connectivity index (χ0v) is 12.5. The smallest absolute Gasteiger partial charge is 0.0640 e. The molecule has 0 spiro atoms. The van der Waals surface area contributed by atoms with E-state index in [9.17, 15) is 0 Å². The number of aromatic nitrogens is 2. The van der Waals surface area contributed by atoms with Crippen LogP contribution >= 0.6 is 0 Å². The molecule has 0 radical (unpaired) electrons. The molecule has 4 nitrogen and oxygen atoms in total. The van der Waals surface area contributed by atoms with Crippen molar-refractivity contribution < 1.29 is 4.74 Å². The van der Waals surface area contributed by atoms with Crippen LogP contribution in [0.3, 0.4) is 0 Å². The van der Waals surface area contributed by atoms with Crippen molar-refractivity contribution >= 4 is 0 Å². The molecule has 2 fully saturated rings. The van der Waals surface area contributed by atoms with E-state index < -0.39 is 0 Å². The van der Waals surface area contributed by atoms with Gasteiger partial charge >= 0.3 is 0 Å². The Labute approximate surface area is 121 Å². The monoisotopic (exact) mass is 277 g/mol. The summed E-state index contributed by atoms with van der Waals surface area (Å²) in [6.07, 6.45) is 10.8. The molecule has 4 heteroatoms. The number of ether oxygens (including phenoxy) is 1. The molecular formula is C16H27N3O. The molecule has 2 aliphatic rings. The van der Waals surface area contributed by atoms with E-state index in [1.807, 2.05) is 0 Å². The summed E-state index contributed by atoms with van der Waals surface area (Å²) in [5.41, 5.74) is 7.56. The Bertz CT molecular complexity index is 425. The number of nitrogens with two attached hydrogens (primary N) is 1. The summed E-state index contributed by atoms with van der Waals surface area (Å²) in [6.45, 7) is 3.05. The first kappa shape index (κ1) is 14.1. The van der Waals surface area contributed by atoms with Gasteiger partial charge in [0.15, 0.2) is 0 Å². The van der Waals surface area contributed by atoms with Gasteiger partial charge in [0.05, 0.1) is 17.8 Å². The summed E-state index contributed by atoms with van der Waals surface area (Å²) < 4.78 is 7.92. The third-order valence-corrected chi connectivity index (χ3v) is 5.02. The van der Waals surface area contributed by atoms with E-state index >= 15 is 0 Å². The average molecular weight is 277 g/mol. The molecule has 1 saturated heterocycles. The minimum Gasteiger partial charge on any atom is -0.378 e. The molecule has 0 amide bonds. The highest BCUT2D eigenvalue weighted by atomic mass is 16.5. The standard InChI is InChI=1S/C16H27N3O/c1-2-16-14(8-10-20-16)15(17)11-12-7-9-19(18-12)13-5-3-4-6-13/h7,9,13-16H,2-6,8,10-11,17H2,1H3. The van der Waals surface area contributed by atoms with Gasteiger partial charge in [0.2, 0.25) is 0 Å². The van der Waals surface area contributed by atoms with E-state index in [1.54, 1.807) is 0 Å². The fraction of sp³-hybridized carbons (Fsp3) is 0.812. The van der Waals surface area contributed by atoms with Crippen molar-refractivity contribution in [1.29, 1.82) is 0 Å². The van der Waals surface area contributed by atoms with Crippen molar-refractivity contribution in [3.63, 3.8) is 0 Å². The molecular weight excluding hydrogens is 250 g/mol. The molecule has 20 heavy (non-hydrogen) atoms. The van der Waals surface area contributed by atoms with Gasteiger partial charge in [0.25, 0.3) is 0 Å². The largest absolute Gasteiger partial charge is 0.378 e. The van der Waals surface area contributed by atoms with Crippen LogP contribution in [-0.4, -0.2) is 28.5 Å². The highest BCUT2D eigenvalue weighted by Crippen LogP contribution is 2.30. The van der Waals surface area contributed by atoms with Crippen LogP contribution in [0.1, 0.15) is 57.2 Å². The van der Waals surface area contributed by atoms with Crippen LogP contribution in [0.5, 0.6) is 0 Å². The van der Waals surface area contributed by atoms with Crippen LogP contribution in [0.25, 0.3) is 0 Å². The van der Waals surface area contributed by atoms with Gasteiger partial charge in [-0.25, -0.2) is 0 Å². The molecule has 3 atom stereocenters. The van der Waals surface area contributed by atoms with Gasteiger partial charge in [-0.2, -0.15) is 5.10 Å². The molecule has 1 aromatic rings. The van der Waals surface area contributed by atoms with Gasteiger partial charge in [-0.3, -0.25) is 4.68 Å². The number of rotatable bonds is 5. The number of hydrogen-bond donors (Lipinski definition) is 1. The van der Waals surface area contributed by atoms with Crippen LogP contribution in [0.15, 0.2) is 12.3 Å². The molecule has 0 bridgehead atoms. The first-order chi connectivity index (χ1) is 9.78. The molecule has 2 heterocycles. The molecule has 1 aliphatic heterocycles. The predicted octanol–water partition coefficient (Wildman–Crippen LogP) is 2.68. The van der Waals surface area contributed by atoms with E-state index in [-0.39, 0.29) is 6.04 Å². The van der Waals surface area contributed by atoms with Crippen LogP contribution in [0, 0.1) is 5.92 Å². The maximum absolute atomic E-state index is 6.41. The molecule has 112 valence electrons. The molecule has 3 rings (SSSR count). The quantitative estimate of drug-likeness (QED) is 0.900. The van der Waals surface area contributed by atoms with Crippen molar-refractivity contribution in [3.05, 3.63) is 18.0 Å². The lowest BCUT2D eigenvalue weighted by Gasteiger charge is -2.23. The van der Waals surface area contributed by atoms with Gasteiger partial charge < -0.3 is 10.5 Å². The van der Waals surface area contributed by atoms with Crippen LogP contribution in [-0.2, 0) is 11.2 Å². The average Bonchev–Trinajstić information content (AvgIpc) is 3.19. The summed E-state index contributed by atoms with van der Waals surface area (Å²) in [4.78, 5) is 0. The Hall–Kier alpha value is -0.870. The Kier molecular flexibility index (Phi) is 4.41. The minimum atomic E-state index is 0.175. The first-order valence-electron chi connectivity index (χ1n) is 8.19. The van der Waals surface area contributed by atoms with Crippen LogP contribution in [0.4, 0.5) is 0 Å². The number of hydrogen-bond acceptors (Lipinski definition) is 3. The first-order valence-corrected chi connectivity index (χ1v) is 8.19. The Morgan fingerprint density at radius 1 is 1.40 bits per heavy atom. The van der Waals surface area contributed by atoms with Crippen LogP contribution < -0.4 is 5.73 Å². The van der Waals surface area contributed by atoms with Gasteiger partial charge in [0, 0.05) is 31.2 Å². The van der Waals surface area contributed by atoms with Crippen molar-refractivity contribution in [2.75, 3.05) is 6.61 Å². The van der Waals surface area contributed by atoms with Gasteiger partial charge in [0.1, 0.15) is 0 Å². The second kappa shape index (κ2) is 6.27. The lowest BCUT2D eigenvalue weighted by molar-refractivity contribution is 0.0813. The molecule has 0 aromatic carbocycles. The highest BCUT2D eigenvalue weighted by molar-refractivity contribution is 5.04. The topological polar surface area (TPSA) is 53.1 Å². The normalized spacial score (nSPS) is 29.1. The van der Waals surface area contributed by atoms with Crippen molar-refractivity contribution in [2.45, 2.75) is 70.1 Å². The second-order valence-corrected chi connectivity index (χ2v) is 6.36. The van der Waals surface area contributed by atoms with Crippen molar-refractivity contribution in [3.8, 4) is 0 Å². The third kappa shape index (κ3) is 2.91. The molecule has 2 N–H and O–H groups in total. The van der Waals surface area contributed by atoms with E-state index in [1.165, 1.54) is 25.7 Å². The number of nitrogens with zero attached hydrogens (tertiary/aromatic N) is 2. The molecule has 1 aromatic heterocycles. The molecule has 1 saturated carbocycles. The Morgan fingerprint density at radius 3 is 2.95 bits per heavy atom. The van der Waals surface area contributed by atoms with Gasteiger partial charge in [-0.05, 0) is 31.7 Å². The second-order valence-electron chi connectivity index (χ2n) is 6.36. The zero-order valence-electron chi connectivity index (χ0n) is 12.5. The lowest BCUT2D eigenvalue weighted by Crippen LogP contribution is -2.37. The van der Waals surface area contributed by atoms with Gasteiger partial charge in [-0.15, -0.1) is 0 Å². The lowest BCUT2D eigenvalue weighted by atomic mass is 9.89. The van der Waals surface area contributed by atoms with E-state index in [0.717, 1.165) is 31.6 Å². The SMILES string of the molecule is CCC1OCCC1C(N)Cc1ccn(C2CCCC2)n1. The minimum absolute atomic E-state index is 0.175. The molecule has 1 aliphatic carbocycles. The van der Waals surface area contributed by atoms with E-state index in [4.69, 9.17) is 15.6 Å². The van der Waals surface area contributed by atoms with Gasteiger partial charge in [-0.1, -0.05) is 19.8 Å². The Balaban J connectivity index is 1.59. The fourth-order valence-corrected chi connectivity index (χ4v) is 3.83. The summed E-state index contributed by atoms with van der Waals surface area (Å²) in [7, 11) is 0. The Morgan fingerprint density at radius 2 is 2.20 bits per heavy atom. The summed E-state index contributed by atoms with van der Waals surface area (Å²) >= 11 is 0. The van der Waals surface area contributed by atoms with Crippen LogP contribution in [0.2, 0.25) is 0 Å². The summed E-state index contributed by atoms with van der Waals surface area (Å²) in [5, 5.41) is 4.75. The summed E-state index contributed by atoms with van der Waals surface area (Å²) in [6, 6.07) is 2.95. The summed E-state index contributed by atoms with van der Waals surface area (Å²) in [5.74, 6) is 0.497. The highest BCUT2D eigenvalue weighted by Gasteiger charge is 2.32. The van der Waals surface area contributed by atoms with Crippen molar-refractivity contribution in [1.82, 2.24) is 9.78 Å². The van der Waals surface area contributed by atoms with E-state index in [2.05, 4.69) is 23.9 Å². The van der Waals surface area contributed by atoms with E-state index in [0.29, 0.717) is 18.1 Å². The predicted molar refractivity (Wildman–Crippen MR) is 79.5 cm³/mol. The zero-order chi connectivity index (χ0) is 13.9. The van der Waals surface area contributed by atoms with Crippen molar-refractivity contribution in [2.24, 2.45) is 11.7 Å². The third-order valence-electron chi connectivity index (χ3n) is 5.02. The fourth-order valence-electron chi connectivity index (χ4n) is 3.83. The molecule has 3 unspecified atom stereocenters. The maximum Gasteiger partial charge on any atom is 0.0640 e. The maximum atomic E-state index is 6.41.